The fourth-order valence-electron chi connectivity index (χ4n) is 1.25. The van der Waals surface area contributed by atoms with E-state index in [2.05, 4.69) is 0 Å². The molecular weight excluding hydrogens is 280 g/mol. The fraction of sp³-hybridized carbons (Fsp3) is 0.455. The van der Waals surface area contributed by atoms with Gasteiger partial charge < -0.3 is 0 Å². The van der Waals surface area contributed by atoms with E-state index in [1.807, 2.05) is 11.6 Å². The van der Waals surface area contributed by atoms with Crippen LogP contribution in [0.2, 0.25) is 0 Å². The first kappa shape index (κ1) is 15.4. The van der Waals surface area contributed by atoms with E-state index in [9.17, 15) is 17.2 Å². The molecule has 1 aromatic rings. The van der Waals surface area contributed by atoms with Crippen molar-refractivity contribution in [2.45, 2.75) is 29.6 Å². The second kappa shape index (κ2) is 7.06. The number of rotatable bonds is 7. The third-order valence-electron chi connectivity index (χ3n) is 2.03. The van der Waals surface area contributed by atoms with Crippen LogP contribution in [0, 0.1) is 0 Å². The van der Waals surface area contributed by atoms with Crippen LogP contribution in [0.1, 0.15) is 13.3 Å². The quantitative estimate of drug-likeness (QED) is 0.787. The number of hydrogen-bond acceptors (Lipinski definition) is 3. The lowest BCUT2D eigenvalue weighted by Gasteiger charge is -2.10. The van der Waals surface area contributed by atoms with Crippen LogP contribution < -0.4 is 4.72 Å². The molecule has 3 nitrogen and oxygen atoms in total. The lowest BCUT2D eigenvalue weighted by atomic mass is 10.4. The molecule has 1 aromatic carbocycles. The van der Waals surface area contributed by atoms with Crippen molar-refractivity contribution in [2.24, 2.45) is 0 Å². The molecule has 7 heteroatoms. The Kier molecular flexibility index (Phi) is 6.04. The fourth-order valence-corrected chi connectivity index (χ4v) is 3.66. The highest BCUT2D eigenvalue weighted by atomic mass is 32.2. The molecule has 0 spiro atoms. The van der Waals surface area contributed by atoms with E-state index in [-0.39, 0.29) is 4.90 Å². The van der Waals surface area contributed by atoms with E-state index in [0.717, 1.165) is 12.2 Å². The molecule has 0 aliphatic carbocycles. The van der Waals surface area contributed by atoms with Crippen molar-refractivity contribution >= 4 is 21.8 Å². The Morgan fingerprint density at radius 1 is 1.33 bits per heavy atom. The molecule has 0 heterocycles. The van der Waals surface area contributed by atoms with Crippen molar-refractivity contribution in [3.8, 4) is 0 Å². The molecule has 0 radical (unpaired) electrons. The van der Waals surface area contributed by atoms with Gasteiger partial charge >= 0.3 is 0 Å². The molecular formula is C11H15F2NO2S2. The van der Waals surface area contributed by atoms with Crippen molar-refractivity contribution in [1.29, 1.82) is 0 Å². The third-order valence-corrected chi connectivity index (χ3v) is 4.92. The number of nitrogens with one attached hydrogen (secondary N) is 1. The minimum absolute atomic E-state index is 0.0594. The molecule has 0 saturated carbocycles. The number of thioether (sulfide) groups is 1. The molecule has 18 heavy (non-hydrogen) atoms. The van der Waals surface area contributed by atoms with Gasteiger partial charge in [-0.15, -0.1) is 11.8 Å². The Morgan fingerprint density at radius 3 is 2.61 bits per heavy atom. The van der Waals surface area contributed by atoms with Crippen molar-refractivity contribution in [3.63, 3.8) is 0 Å². The topological polar surface area (TPSA) is 46.2 Å². The predicted octanol–water partition coefficient (Wildman–Crippen LogP) is 2.73. The maximum Gasteiger partial charge on any atom is 0.251 e. The van der Waals surface area contributed by atoms with Crippen LogP contribution in [0.25, 0.3) is 0 Å². The van der Waals surface area contributed by atoms with Crippen molar-refractivity contribution in [1.82, 2.24) is 4.72 Å². The Hall–Kier alpha value is -0.660. The molecule has 102 valence electrons. The first-order chi connectivity index (χ1) is 8.47. The monoisotopic (exact) mass is 295 g/mol. The van der Waals surface area contributed by atoms with Crippen LogP contribution >= 0.6 is 11.8 Å². The molecule has 1 rings (SSSR count). The van der Waals surface area contributed by atoms with Gasteiger partial charge in [-0.05, 0) is 24.3 Å². The highest BCUT2D eigenvalue weighted by Crippen LogP contribution is 2.26. The SMILES string of the molecule is CCCSc1ccccc1S(=O)(=O)NCC(F)F. The Balaban J connectivity index is 2.93. The summed E-state index contributed by atoms with van der Waals surface area (Å²) in [5.41, 5.74) is 0. The molecule has 0 unspecified atom stereocenters. The van der Waals surface area contributed by atoms with Crippen LogP contribution in [-0.2, 0) is 10.0 Å². The van der Waals surface area contributed by atoms with Gasteiger partial charge in [-0.25, -0.2) is 21.9 Å². The summed E-state index contributed by atoms with van der Waals surface area (Å²) in [5, 5.41) is 0. The Bertz CT molecular complexity index is 478. The van der Waals surface area contributed by atoms with Crippen molar-refractivity contribution in [2.75, 3.05) is 12.3 Å². The maximum absolute atomic E-state index is 12.1. The Morgan fingerprint density at radius 2 is 2.00 bits per heavy atom. The van der Waals surface area contributed by atoms with Gasteiger partial charge in [0.25, 0.3) is 6.43 Å². The minimum atomic E-state index is -3.87. The van der Waals surface area contributed by atoms with Crippen LogP contribution in [-0.4, -0.2) is 27.1 Å². The van der Waals surface area contributed by atoms with Gasteiger partial charge in [0.15, 0.2) is 0 Å². The van der Waals surface area contributed by atoms with Gasteiger partial charge in [0.05, 0.1) is 11.4 Å². The molecule has 0 fully saturated rings. The summed E-state index contributed by atoms with van der Waals surface area (Å²) < 4.78 is 49.7. The van der Waals surface area contributed by atoms with E-state index < -0.39 is 23.0 Å². The number of hydrogen-bond donors (Lipinski definition) is 1. The second-order valence-corrected chi connectivity index (χ2v) is 6.41. The van der Waals surface area contributed by atoms with Crippen molar-refractivity contribution in [3.05, 3.63) is 24.3 Å². The van der Waals surface area contributed by atoms with Crippen LogP contribution in [0.15, 0.2) is 34.1 Å². The number of benzene rings is 1. The Labute approximate surface area is 110 Å². The van der Waals surface area contributed by atoms with Gasteiger partial charge in [-0.1, -0.05) is 19.1 Å². The average molecular weight is 295 g/mol. The third kappa shape index (κ3) is 4.55. The van der Waals surface area contributed by atoms with Crippen LogP contribution in [0.3, 0.4) is 0 Å². The predicted molar refractivity (Wildman–Crippen MR) is 68.6 cm³/mol. The second-order valence-electron chi connectivity index (χ2n) is 3.54. The first-order valence-electron chi connectivity index (χ1n) is 5.47. The number of halogens is 2. The van der Waals surface area contributed by atoms with E-state index in [4.69, 9.17) is 0 Å². The lowest BCUT2D eigenvalue weighted by Crippen LogP contribution is -2.29. The highest BCUT2D eigenvalue weighted by Gasteiger charge is 2.19. The largest absolute Gasteiger partial charge is 0.251 e. The maximum atomic E-state index is 12.1. The van der Waals surface area contributed by atoms with E-state index in [1.54, 1.807) is 18.2 Å². The summed E-state index contributed by atoms with van der Waals surface area (Å²) in [7, 11) is -3.87. The molecule has 0 aromatic heterocycles. The summed E-state index contributed by atoms with van der Waals surface area (Å²) >= 11 is 1.40. The van der Waals surface area contributed by atoms with E-state index in [0.29, 0.717) is 4.90 Å². The zero-order chi connectivity index (χ0) is 13.6. The van der Waals surface area contributed by atoms with E-state index in [1.165, 1.54) is 17.8 Å². The molecule has 1 N–H and O–H groups in total. The average Bonchev–Trinajstić information content (AvgIpc) is 2.34. The summed E-state index contributed by atoms with van der Waals surface area (Å²) in [6.45, 7) is 1.12. The molecule has 0 bridgehead atoms. The van der Waals surface area contributed by atoms with Gasteiger partial charge in [0, 0.05) is 4.90 Å². The lowest BCUT2D eigenvalue weighted by molar-refractivity contribution is 0.153. The zero-order valence-electron chi connectivity index (χ0n) is 9.90. The normalized spacial score (nSPS) is 12.0. The zero-order valence-corrected chi connectivity index (χ0v) is 11.5. The summed E-state index contributed by atoms with van der Waals surface area (Å²) in [4.78, 5) is 0.644. The van der Waals surface area contributed by atoms with E-state index >= 15 is 0 Å². The smallest absolute Gasteiger partial charge is 0.209 e. The number of alkyl halides is 2. The first-order valence-corrected chi connectivity index (χ1v) is 7.94. The summed E-state index contributed by atoms with van der Waals surface area (Å²) in [5.74, 6) is 0.779. The van der Waals surface area contributed by atoms with Gasteiger partial charge in [-0.3, -0.25) is 0 Å². The minimum Gasteiger partial charge on any atom is -0.209 e. The summed E-state index contributed by atoms with van der Waals surface area (Å²) in [6.07, 6.45) is -1.79. The van der Waals surface area contributed by atoms with Gasteiger partial charge in [0.2, 0.25) is 10.0 Å². The van der Waals surface area contributed by atoms with Gasteiger partial charge in [0.1, 0.15) is 0 Å². The molecule has 0 aliphatic rings. The van der Waals surface area contributed by atoms with Crippen LogP contribution in [0.4, 0.5) is 8.78 Å². The molecule has 0 atom stereocenters. The highest BCUT2D eigenvalue weighted by molar-refractivity contribution is 8.00. The summed E-state index contributed by atoms with van der Waals surface area (Å²) in [6, 6.07) is 6.40. The molecule has 0 aliphatic heterocycles. The molecule has 0 saturated heterocycles. The molecule has 0 amide bonds. The van der Waals surface area contributed by atoms with Crippen LogP contribution in [0.5, 0.6) is 0 Å². The number of sulfonamides is 1. The van der Waals surface area contributed by atoms with Crippen molar-refractivity contribution < 1.29 is 17.2 Å². The standard InChI is InChI=1S/C11H15F2NO2S2/c1-2-7-17-9-5-3-4-6-10(9)18(15,16)14-8-11(12)13/h3-6,11,14H,2,7-8H2,1H3. The van der Waals surface area contributed by atoms with Gasteiger partial charge in [-0.2, -0.15) is 0 Å².